The van der Waals surface area contributed by atoms with Crippen LogP contribution in [-0.2, 0) is 11.0 Å². The number of hydrogen-bond acceptors (Lipinski definition) is 6. The number of anilines is 3. The molecule has 4 aromatic rings. The van der Waals surface area contributed by atoms with Gasteiger partial charge in [-0.1, -0.05) is 19.9 Å². The molecule has 0 radical (unpaired) electrons. The first-order valence-electron chi connectivity index (χ1n) is 10.1. The van der Waals surface area contributed by atoms with Crippen molar-refractivity contribution in [3.8, 4) is 11.5 Å². The summed E-state index contributed by atoms with van der Waals surface area (Å²) in [7, 11) is 0. The number of nitrogens with zero attached hydrogens (tertiary/aromatic N) is 5. The van der Waals surface area contributed by atoms with Gasteiger partial charge in [0.2, 0.25) is 11.7 Å². The summed E-state index contributed by atoms with van der Waals surface area (Å²) in [6.45, 7) is 3.89. The van der Waals surface area contributed by atoms with Crippen molar-refractivity contribution >= 4 is 28.7 Å². The fourth-order valence-corrected chi connectivity index (χ4v) is 3.13. The maximum absolute atomic E-state index is 13.1. The summed E-state index contributed by atoms with van der Waals surface area (Å²) in [6.07, 6.45) is -1.03. The minimum atomic E-state index is -4.58. The maximum atomic E-state index is 13.1. The van der Waals surface area contributed by atoms with Crippen LogP contribution in [-0.4, -0.2) is 30.5 Å². The first-order valence-corrected chi connectivity index (χ1v) is 10.1. The Bertz CT molecular complexity index is 1300. The summed E-state index contributed by atoms with van der Waals surface area (Å²) in [5.41, 5.74) is 0.143. The van der Waals surface area contributed by atoms with Gasteiger partial charge in [0.15, 0.2) is 5.82 Å². The standard InChI is InChI=1S/C22H20F3N7O/c1-13(2)11-19(33)29-18-12-14(8-9-26-18)27-21-16-6-4-10-32(16)31-20(30-21)15-5-3-7-17(28-15)22(23,24)25/h3-10,12-13H,11H2,1-2H3,(H2,26,27,29,30,31,33). The van der Waals surface area contributed by atoms with Crippen LogP contribution in [0.25, 0.3) is 17.0 Å². The lowest BCUT2D eigenvalue weighted by atomic mass is 10.1. The predicted octanol–water partition coefficient (Wildman–Crippen LogP) is 4.93. The molecule has 0 saturated heterocycles. The summed E-state index contributed by atoms with van der Waals surface area (Å²) in [5, 5.41) is 10.2. The minimum Gasteiger partial charge on any atom is -0.338 e. The molecule has 0 aliphatic rings. The van der Waals surface area contributed by atoms with E-state index in [-0.39, 0.29) is 23.3 Å². The fourth-order valence-electron chi connectivity index (χ4n) is 3.13. The van der Waals surface area contributed by atoms with Crippen LogP contribution >= 0.6 is 0 Å². The zero-order valence-corrected chi connectivity index (χ0v) is 17.8. The lowest BCUT2D eigenvalue weighted by Gasteiger charge is -2.12. The zero-order valence-electron chi connectivity index (χ0n) is 17.8. The molecule has 1 amide bonds. The molecule has 8 nitrogen and oxygen atoms in total. The Labute approximate surface area is 186 Å². The lowest BCUT2D eigenvalue weighted by Crippen LogP contribution is -2.14. The molecule has 0 unspecified atom stereocenters. The van der Waals surface area contributed by atoms with Gasteiger partial charge >= 0.3 is 6.18 Å². The maximum Gasteiger partial charge on any atom is 0.433 e. The summed E-state index contributed by atoms with van der Waals surface area (Å²) < 4.78 is 40.8. The number of amides is 1. The van der Waals surface area contributed by atoms with Gasteiger partial charge in [-0.15, -0.1) is 5.10 Å². The number of carbonyl (C=O) groups is 1. The van der Waals surface area contributed by atoms with Crippen LogP contribution in [0.2, 0.25) is 0 Å². The van der Waals surface area contributed by atoms with E-state index in [1.807, 2.05) is 13.8 Å². The van der Waals surface area contributed by atoms with Crippen LogP contribution in [0.15, 0.2) is 54.9 Å². The van der Waals surface area contributed by atoms with Gasteiger partial charge in [0.25, 0.3) is 0 Å². The molecule has 4 aromatic heterocycles. The Morgan fingerprint density at radius 2 is 1.94 bits per heavy atom. The summed E-state index contributed by atoms with van der Waals surface area (Å²) in [6, 6.07) is 10.4. The summed E-state index contributed by atoms with van der Waals surface area (Å²) >= 11 is 0. The van der Waals surface area contributed by atoms with E-state index in [1.54, 1.807) is 30.5 Å². The Morgan fingerprint density at radius 3 is 2.70 bits per heavy atom. The third-order valence-corrected chi connectivity index (χ3v) is 4.54. The number of hydrogen-bond donors (Lipinski definition) is 2. The number of rotatable bonds is 6. The second-order valence-corrected chi connectivity index (χ2v) is 7.73. The van der Waals surface area contributed by atoms with Crippen molar-refractivity contribution in [2.75, 3.05) is 10.6 Å². The van der Waals surface area contributed by atoms with Crippen molar-refractivity contribution in [1.82, 2.24) is 24.6 Å². The summed E-state index contributed by atoms with van der Waals surface area (Å²) in [5.74, 6) is 0.800. The Balaban J connectivity index is 1.66. The number of alkyl halides is 3. The van der Waals surface area contributed by atoms with Gasteiger partial charge in [-0.05, 0) is 36.2 Å². The molecule has 33 heavy (non-hydrogen) atoms. The van der Waals surface area contributed by atoms with Crippen LogP contribution < -0.4 is 10.6 Å². The molecule has 0 saturated carbocycles. The van der Waals surface area contributed by atoms with Crippen molar-refractivity contribution in [3.63, 3.8) is 0 Å². The SMILES string of the molecule is CC(C)CC(=O)Nc1cc(Nc2nc(-c3cccc(C(F)(F)F)n3)nn3cccc23)ccn1. The molecule has 0 atom stereocenters. The van der Waals surface area contributed by atoms with Gasteiger partial charge in [0.1, 0.15) is 22.7 Å². The highest BCUT2D eigenvalue weighted by atomic mass is 19.4. The highest BCUT2D eigenvalue weighted by molar-refractivity contribution is 5.90. The monoisotopic (exact) mass is 455 g/mol. The predicted molar refractivity (Wildman–Crippen MR) is 117 cm³/mol. The van der Waals surface area contributed by atoms with E-state index < -0.39 is 11.9 Å². The smallest absolute Gasteiger partial charge is 0.338 e. The van der Waals surface area contributed by atoms with Gasteiger partial charge in [-0.2, -0.15) is 13.2 Å². The van der Waals surface area contributed by atoms with E-state index in [2.05, 4.69) is 30.7 Å². The molecule has 2 N–H and O–H groups in total. The van der Waals surface area contributed by atoms with Crippen LogP contribution in [0.3, 0.4) is 0 Å². The third-order valence-electron chi connectivity index (χ3n) is 4.54. The van der Waals surface area contributed by atoms with Crippen molar-refractivity contribution in [1.29, 1.82) is 0 Å². The number of pyridine rings is 2. The van der Waals surface area contributed by atoms with Crippen LogP contribution in [0.4, 0.5) is 30.5 Å². The van der Waals surface area contributed by atoms with Gasteiger partial charge in [0.05, 0.1) is 0 Å². The normalized spacial score (nSPS) is 11.7. The number of aromatic nitrogens is 5. The largest absolute Gasteiger partial charge is 0.433 e. The fraction of sp³-hybridized carbons (Fsp3) is 0.227. The van der Waals surface area contributed by atoms with Crippen molar-refractivity contribution < 1.29 is 18.0 Å². The minimum absolute atomic E-state index is 0.0140. The average molecular weight is 455 g/mol. The molecular formula is C22H20F3N7O. The Hall–Kier alpha value is -4.02. The number of nitrogens with one attached hydrogen (secondary N) is 2. The molecule has 11 heteroatoms. The number of halogens is 3. The van der Waals surface area contributed by atoms with Crippen LogP contribution in [0.5, 0.6) is 0 Å². The first kappa shape index (κ1) is 22.2. The molecule has 170 valence electrons. The quantitative estimate of drug-likeness (QED) is 0.428. The third kappa shape index (κ3) is 5.25. The van der Waals surface area contributed by atoms with E-state index in [4.69, 9.17) is 0 Å². The molecule has 0 aliphatic heterocycles. The van der Waals surface area contributed by atoms with Crippen molar-refractivity contribution in [2.45, 2.75) is 26.4 Å². The second kappa shape index (κ2) is 8.85. The first-order chi connectivity index (χ1) is 15.7. The van der Waals surface area contributed by atoms with E-state index in [0.29, 0.717) is 29.3 Å². The molecule has 0 spiro atoms. The lowest BCUT2D eigenvalue weighted by molar-refractivity contribution is -0.141. The molecule has 0 aliphatic carbocycles. The van der Waals surface area contributed by atoms with Crippen molar-refractivity contribution in [2.24, 2.45) is 5.92 Å². The van der Waals surface area contributed by atoms with E-state index in [0.717, 1.165) is 6.07 Å². The van der Waals surface area contributed by atoms with Gasteiger partial charge in [0, 0.05) is 30.6 Å². The van der Waals surface area contributed by atoms with Gasteiger partial charge in [-0.3, -0.25) is 4.79 Å². The number of fused-ring (bicyclic) bond motifs is 1. The summed E-state index contributed by atoms with van der Waals surface area (Å²) in [4.78, 5) is 24.3. The molecule has 4 rings (SSSR count). The topological polar surface area (TPSA) is 97.1 Å². The molecule has 0 aromatic carbocycles. The van der Waals surface area contributed by atoms with Crippen LogP contribution in [0.1, 0.15) is 26.0 Å². The zero-order chi connectivity index (χ0) is 23.6. The van der Waals surface area contributed by atoms with E-state index in [9.17, 15) is 18.0 Å². The Kier molecular flexibility index (Phi) is 5.95. The highest BCUT2D eigenvalue weighted by Crippen LogP contribution is 2.29. The van der Waals surface area contributed by atoms with Crippen LogP contribution in [0, 0.1) is 5.92 Å². The number of carbonyl (C=O) groups excluding carboxylic acids is 1. The van der Waals surface area contributed by atoms with Gasteiger partial charge < -0.3 is 10.6 Å². The van der Waals surface area contributed by atoms with E-state index in [1.165, 1.54) is 22.8 Å². The van der Waals surface area contributed by atoms with Gasteiger partial charge in [-0.25, -0.2) is 19.5 Å². The Morgan fingerprint density at radius 1 is 1.12 bits per heavy atom. The van der Waals surface area contributed by atoms with Crippen molar-refractivity contribution in [3.05, 3.63) is 60.6 Å². The molecule has 4 heterocycles. The average Bonchev–Trinajstić information content (AvgIpc) is 3.22. The van der Waals surface area contributed by atoms with E-state index >= 15 is 0 Å². The second-order valence-electron chi connectivity index (χ2n) is 7.73. The molecule has 0 bridgehead atoms. The highest BCUT2D eigenvalue weighted by Gasteiger charge is 2.32. The molecule has 0 fully saturated rings. The molecular weight excluding hydrogens is 435 g/mol.